The van der Waals surface area contributed by atoms with Gasteiger partial charge in [-0.25, -0.2) is 16.8 Å². The molecule has 2 rings (SSSR count). The van der Waals surface area contributed by atoms with Crippen LogP contribution >= 0.6 is 0 Å². The molecular weight excluding hydrogens is 304 g/mol. The topological polar surface area (TPSA) is 115 Å². The molecule has 20 heavy (non-hydrogen) atoms. The van der Waals surface area contributed by atoms with Crippen LogP contribution in [0.3, 0.4) is 0 Å². The number of aromatic nitrogens is 2. The predicted octanol–water partition coefficient (Wildman–Crippen LogP) is -0.707. The molecule has 0 aromatic carbocycles. The lowest BCUT2D eigenvalue weighted by Gasteiger charge is -2.22. The molecule has 1 atom stereocenters. The first-order valence-electron chi connectivity index (χ1n) is 6.19. The molecule has 1 fully saturated rings. The molecule has 2 heterocycles. The SMILES string of the molecule is CCn1cc(S(=O)(=O)N(C)[C@H]2CCS(=O)(=O)C2)c(N)n1. The Balaban J connectivity index is 2.32. The van der Waals surface area contributed by atoms with Crippen LogP contribution in [0.4, 0.5) is 5.82 Å². The normalized spacial score (nSPS) is 22.4. The number of sulfone groups is 1. The molecule has 0 aliphatic carbocycles. The van der Waals surface area contributed by atoms with Gasteiger partial charge >= 0.3 is 0 Å². The zero-order chi connectivity index (χ0) is 15.1. The number of hydrogen-bond acceptors (Lipinski definition) is 6. The summed E-state index contributed by atoms with van der Waals surface area (Å²) in [6.07, 6.45) is 1.67. The third-order valence-electron chi connectivity index (χ3n) is 3.46. The van der Waals surface area contributed by atoms with E-state index in [9.17, 15) is 16.8 Å². The molecule has 0 saturated carbocycles. The van der Waals surface area contributed by atoms with Gasteiger partial charge in [-0.05, 0) is 13.3 Å². The van der Waals surface area contributed by atoms with E-state index in [1.807, 2.05) is 6.92 Å². The molecule has 2 N–H and O–H groups in total. The number of nitrogens with zero attached hydrogens (tertiary/aromatic N) is 3. The Labute approximate surface area is 118 Å². The van der Waals surface area contributed by atoms with Crippen LogP contribution in [-0.2, 0) is 26.4 Å². The first kappa shape index (κ1) is 15.3. The first-order chi connectivity index (χ1) is 9.17. The fourth-order valence-corrected chi connectivity index (χ4v) is 5.50. The van der Waals surface area contributed by atoms with E-state index in [1.54, 1.807) is 0 Å². The summed E-state index contributed by atoms with van der Waals surface area (Å²) in [5.74, 6) is -0.203. The van der Waals surface area contributed by atoms with Gasteiger partial charge in [-0.1, -0.05) is 0 Å². The summed E-state index contributed by atoms with van der Waals surface area (Å²) in [6.45, 7) is 2.32. The number of rotatable bonds is 4. The van der Waals surface area contributed by atoms with Gasteiger partial charge in [-0.2, -0.15) is 9.40 Å². The molecular formula is C10H18N4O4S2. The average molecular weight is 322 g/mol. The van der Waals surface area contributed by atoms with Crippen molar-refractivity contribution in [1.82, 2.24) is 14.1 Å². The van der Waals surface area contributed by atoms with Crippen molar-refractivity contribution < 1.29 is 16.8 Å². The van der Waals surface area contributed by atoms with Crippen molar-refractivity contribution in [1.29, 1.82) is 0 Å². The fourth-order valence-electron chi connectivity index (χ4n) is 2.19. The van der Waals surface area contributed by atoms with Gasteiger partial charge in [-0.15, -0.1) is 0 Å². The Morgan fingerprint density at radius 2 is 2.20 bits per heavy atom. The van der Waals surface area contributed by atoms with Crippen LogP contribution in [0.25, 0.3) is 0 Å². The summed E-state index contributed by atoms with van der Waals surface area (Å²) in [5, 5.41) is 3.90. The zero-order valence-electron chi connectivity index (χ0n) is 11.4. The predicted molar refractivity (Wildman–Crippen MR) is 74.3 cm³/mol. The van der Waals surface area contributed by atoms with E-state index in [0.29, 0.717) is 13.0 Å². The van der Waals surface area contributed by atoms with Crippen molar-refractivity contribution in [2.24, 2.45) is 0 Å². The molecule has 0 spiro atoms. The Kier molecular flexibility index (Phi) is 3.82. The molecule has 1 aromatic rings. The maximum atomic E-state index is 12.5. The maximum absolute atomic E-state index is 12.5. The minimum atomic E-state index is -3.83. The third kappa shape index (κ3) is 2.67. The lowest BCUT2D eigenvalue weighted by atomic mass is 10.3. The van der Waals surface area contributed by atoms with Crippen molar-refractivity contribution in [2.75, 3.05) is 24.3 Å². The van der Waals surface area contributed by atoms with Crippen LogP contribution < -0.4 is 5.73 Å². The zero-order valence-corrected chi connectivity index (χ0v) is 13.0. The van der Waals surface area contributed by atoms with E-state index < -0.39 is 25.9 Å². The standard InChI is InChI=1S/C10H18N4O4S2/c1-3-14-6-9(10(11)12-14)20(17,18)13(2)8-4-5-19(15,16)7-8/h6,8H,3-5,7H2,1-2H3,(H2,11,12)/t8-/m0/s1. The van der Waals surface area contributed by atoms with E-state index in [-0.39, 0.29) is 22.2 Å². The van der Waals surface area contributed by atoms with Crippen LogP contribution in [-0.4, -0.2) is 55.5 Å². The minimum Gasteiger partial charge on any atom is -0.381 e. The molecule has 0 bridgehead atoms. The van der Waals surface area contributed by atoms with Crippen molar-refractivity contribution >= 4 is 25.7 Å². The second kappa shape index (κ2) is 5.01. The molecule has 114 valence electrons. The van der Waals surface area contributed by atoms with Gasteiger partial charge in [0.15, 0.2) is 15.7 Å². The van der Waals surface area contributed by atoms with Gasteiger partial charge in [0.05, 0.1) is 11.5 Å². The van der Waals surface area contributed by atoms with Gasteiger partial charge in [0.1, 0.15) is 4.90 Å². The molecule has 0 radical (unpaired) electrons. The largest absolute Gasteiger partial charge is 0.381 e. The molecule has 0 amide bonds. The van der Waals surface area contributed by atoms with Gasteiger partial charge in [-0.3, -0.25) is 4.68 Å². The second-order valence-electron chi connectivity index (χ2n) is 4.81. The lowest BCUT2D eigenvalue weighted by molar-refractivity contribution is 0.394. The molecule has 1 aliphatic heterocycles. The van der Waals surface area contributed by atoms with E-state index in [2.05, 4.69) is 5.10 Å². The maximum Gasteiger partial charge on any atom is 0.248 e. The van der Waals surface area contributed by atoms with Crippen molar-refractivity contribution in [2.45, 2.75) is 30.8 Å². The van der Waals surface area contributed by atoms with Crippen LogP contribution in [0, 0.1) is 0 Å². The highest BCUT2D eigenvalue weighted by atomic mass is 32.2. The molecule has 1 saturated heterocycles. The van der Waals surface area contributed by atoms with E-state index >= 15 is 0 Å². The highest BCUT2D eigenvalue weighted by Gasteiger charge is 2.37. The number of hydrogen-bond donors (Lipinski definition) is 1. The highest BCUT2D eigenvalue weighted by Crippen LogP contribution is 2.26. The Bertz CT molecular complexity index is 708. The van der Waals surface area contributed by atoms with Crippen molar-refractivity contribution in [3.05, 3.63) is 6.20 Å². The number of sulfonamides is 1. The smallest absolute Gasteiger partial charge is 0.248 e. The monoisotopic (exact) mass is 322 g/mol. The van der Waals surface area contributed by atoms with E-state index in [0.717, 1.165) is 4.31 Å². The van der Waals surface area contributed by atoms with Crippen LogP contribution in [0.1, 0.15) is 13.3 Å². The average Bonchev–Trinajstić information content (AvgIpc) is 2.91. The molecule has 0 unspecified atom stereocenters. The van der Waals surface area contributed by atoms with Gasteiger partial charge in [0.25, 0.3) is 0 Å². The fraction of sp³-hybridized carbons (Fsp3) is 0.700. The van der Waals surface area contributed by atoms with Gasteiger partial charge < -0.3 is 5.73 Å². The molecule has 8 nitrogen and oxygen atoms in total. The van der Waals surface area contributed by atoms with Crippen LogP contribution in [0.15, 0.2) is 11.1 Å². The van der Waals surface area contributed by atoms with Crippen LogP contribution in [0.2, 0.25) is 0 Å². The Morgan fingerprint density at radius 3 is 2.65 bits per heavy atom. The van der Waals surface area contributed by atoms with Gasteiger partial charge in [0, 0.05) is 25.8 Å². The third-order valence-corrected chi connectivity index (χ3v) is 7.14. The van der Waals surface area contributed by atoms with Crippen LogP contribution in [0.5, 0.6) is 0 Å². The van der Waals surface area contributed by atoms with E-state index in [4.69, 9.17) is 5.73 Å². The number of aryl methyl sites for hydroxylation is 1. The Morgan fingerprint density at radius 1 is 1.55 bits per heavy atom. The molecule has 1 aliphatic rings. The highest BCUT2D eigenvalue weighted by molar-refractivity contribution is 7.92. The van der Waals surface area contributed by atoms with Crippen molar-refractivity contribution in [3.8, 4) is 0 Å². The summed E-state index contributed by atoms with van der Waals surface area (Å²) in [5.41, 5.74) is 5.64. The number of nitrogen functional groups attached to an aromatic ring is 1. The molecule has 1 aromatic heterocycles. The Hall–Kier alpha value is -1.13. The molecule has 10 heteroatoms. The first-order valence-corrected chi connectivity index (χ1v) is 9.45. The summed E-state index contributed by atoms with van der Waals surface area (Å²) in [6, 6.07) is -0.547. The second-order valence-corrected chi connectivity index (χ2v) is 9.01. The summed E-state index contributed by atoms with van der Waals surface area (Å²) >= 11 is 0. The van der Waals surface area contributed by atoms with Crippen molar-refractivity contribution in [3.63, 3.8) is 0 Å². The lowest BCUT2D eigenvalue weighted by Crippen LogP contribution is -2.37. The number of nitrogens with two attached hydrogens (primary N) is 1. The van der Waals surface area contributed by atoms with Gasteiger partial charge in [0.2, 0.25) is 10.0 Å². The minimum absolute atomic E-state index is 0.0151. The summed E-state index contributed by atoms with van der Waals surface area (Å²) < 4.78 is 50.4. The van der Waals surface area contributed by atoms with E-state index in [1.165, 1.54) is 17.9 Å². The summed E-state index contributed by atoms with van der Waals surface area (Å²) in [4.78, 5) is -0.0776. The summed E-state index contributed by atoms with van der Waals surface area (Å²) in [7, 11) is -5.60. The number of anilines is 1. The quantitative estimate of drug-likeness (QED) is 0.783.